The monoisotopic (exact) mass is 88.0 g/mol. The molecule has 0 atom stereocenters. The minimum atomic E-state index is 0. The molecule has 0 saturated carbocycles. The van der Waals surface area contributed by atoms with Crippen molar-refractivity contribution in [3.05, 3.63) is 18.5 Å². The molecule has 0 saturated heterocycles. The first kappa shape index (κ1) is 6.61. The topological polar surface area (TPSA) is 38.7 Å². The third kappa shape index (κ3) is 2.32. The molecule has 0 aliphatic heterocycles. The summed E-state index contributed by atoms with van der Waals surface area (Å²) < 4.78 is 0. The van der Waals surface area contributed by atoms with Gasteiger partial charge in [-0.3, -0.25) is 0 Å². The Morgan fingerprint density at radius 3 is 1.71 bits per heavy atom. The van der Waals surface area contributed by atoms with E-state index in [1.165, 1.54) is 0 Å². The number of aromatic nitrogens is 3. The summed E-state index contributed by atoms with van der Waals surface area (Å²) in [5.74, 6) is 0. The molecule has 0 spiro atoms. The van der Waals surface area contributed by atoms with E-state index in [-0.39, 0.29) is 18.9 Å². The van der Waals surface area contributed by atoms with Gasteiger partial charge in [-0.25, -0.2) is 0 Å². The maximum absolute atomic E-state index is 3.42. The summed E-state index contributed by atoms with van der Waals surface area (Å²) in [6.07, 6.45) is 3.15. The van der Waals surface area contributed by atoms with E-state index in [1.807, 2.05) is 0 Å². The van der Waals surface area contributed by atoms with Gasteiger partial charge in [0.25, 0.3) is 0 Å². The summed E-state index contributed by atoms with van der Waals surface area (Å²) >= 11 is 0. The van der Waals surface area contributed by atoms with Gasteiger partial charge in [-0.15, -0.1) is 10.2 Å². The van der Waals surface area contributed by atoms with Crippen molar-refractivity contribution < 1.29 is 0 Å². The van der Waals surface area contributed by atoms with E-state index >= 15 is 0 Å². The maximum atomic E-state index is 3.42. The molecule has 0 aromatic carbocycles. The molecule has 1 aromatic rings. The predicted octanol–water partition coefficient (Wildman–Crippen LogP) is -0.509. The van der Waals surface area contributed by atoms with Gasteiger partial charge in [0.2, 0.25) is 0 Å². The molecular formula is C3H3LiN3. The van der Waals surface area contributed by atoms with E-state index in [0.29, 0.717) is 0 Å². The Kier molecular flexibility index (Phi) is 3.57. The van der Waals surface area contributed by atoms with Crippen molar-refractivity contribution in [3.8, 4) is 0 Å². The van der Waals surface area contributed by atoms with Crippen molar-refractivity contribution in [3.63, 3.8) is 0 Å². The fraction of sp³-hybridized carbons (Fsp3) is 0. The standard InChI is InChI=1S/C3H3N3.Li/c1-2-4-6-5-3-1;/h1-3H;. The zero-order valence-corrected chi connectivity index (χ0v) is 4.07. The van der Waals surface area contributed by atoms with Gasteiger partial charge in [0.05, 0.1) is 12.4 Å². The predicted molar refractivity (Wildman–Crippen MR) is 25.6 cm³/mol. The third-order valence-electron chi connectivity index (χ3n) is 0.409. The van der Waals surface area contributed by atoms with Gasteiger partial charge in [-0.1, -0.05) is 0 Å². The molecule has 0 N–H and O–H groups in total. The Labute approximate surface area is 53.3 Å². The van der Waals surface area contributed by atoms with E-state index in [2.05, 4.69) is 15.4 Å². The fourth-order valence-corrected chi connectivity index (χ4v) is 0.205. The van der Waals surface area contributed by atoms with Crippen LogP contribution in [-0.4, -0.2) is 34.3 Å². The minimum absolute atomic E-state index is 0. The first-order valence-electron chi connectivity index (χ1n) is 1.58. The molecule has 1 aromatic heterocycles. The van der Waals surface area contributed by atoms with Gasteiger partial charge >= 0.3 is 0 Å². The largest absolute Gasteiger partial charge is 0.139 e. The van der Waals surface area contributed by atoms with Crippen LogP contribution in [0.5, 0.6) is 0 Å². The van der Waals surface area contributed by atoms with Crippen LogP contribution in [0.2, 0.25) is 0 Å². The molecular weight excluding hydrogens is 85.0 g/mol. The molecule has 1 radical (unpaired) electrons. The number of hydrogen-bond donors (Lipinski definition) is 0. The zero-order chi connectivity index (χ0) is 4.24. The van der Waals surface area contributed by atoms with Gasteiger partial charge in [-0.2, -0.15) is 0 Å². The van der Waals surface area contributed by atoms with E-state index in [9.17, 15) is 0 Å². The van der Waals surface area contributed by atoms with Crippen molar-refractivity contribution in [2.24, 2.45) is 0 Å². The van der Waals surface area contributed by atoms with Gasteiger partial charge in [0.1, 0.15) is 0 Å². The molecule has 4 heteroatoms. The van der Waals surface area contributed by atoms with E-state index in [0.717, 1.165) is 0 Å². The average Bonchev–Trinajstić information content (AvgIpc) is 1.72. The Morgan fingerprint density at radius 1 is 1.00 bits per heavy atom. The second-order valence-corrected chi connectivity index (χ2v) is 0.811. The van der Waals surface area contributed by atoms with E-state index in [1.54, 1.807) is 18.5 Å². The molecule has 0 unspecified atom stereocenters. The van der Waals surface area contributed by atoms with Crippen LogP contribution in [0.15, 0.2) is 18.5 Å². The summed E-state index contributed by atoms with van der Waals surface area (Å²) in [7, 11) is 0. The van der Waals surface area contributed by atoms with Gasteiger partial charge in [-0.05, 0) is 11.3 Å². The molecule has 0 amide bonds. The third-order valence-corrected chi connectivity index (χ3v) is 0.409. The van der Waals surface area contributed by atoms with Crippen LogP contribution in [0, 0.1) is 0 Å². The normalized spacial score (nSPS) is 6.86. The summed E-state index contributed by atoms with van der Waals surface area (Å²) in [4.78, 5) is 0. The second-order valence-electron chi connectivity index (χ2n) is 0.811. The quantitative estimate of drug-likeness (QED) is 0.401. The van der Waals surface area contributed by atoms with Gasteiger partial charge in [0, 0.05) is 18.9 Å². The van der Waals surface area contributed by atoms with Crippen molar-refractivity contribution in [2.45, 2.75) is 0 Å². The second kappa shape index (κ2) is 3.79. The molecule has 3 nitrogen and oxygen atoms in total. The SMILES string of the molecule is [Li].c1cnnnc1. The van der Waals surface area contributed by atoms with E-state index in [4.69, 9.17) is 0 Å². The zero-order valence-electron chi connectivity index (χ0n) is 4.07. The Bertz CT molecular complexity index is 82.1. The van der Waals surface area contributed by atoms with Crippen LogP contribution in [-0.2, 0) is 0 Å². The molecule has 0 bridgehead atoms. The molecule has 0 fully saturated rings. The van der Waals surface area contributed by atoms with Crippen LogP contribution in [0.1, 0.15) is 0 Å². The summed E-state index contributed by atoms with van der Waals surface area (Å²) in [5.41, 5.74) is 0. The summed E-state index contributed by atoms with van der Waals surface area (Å²) in [5, 5.41) is 10.1. The first-order chi connectivity index (χ1) is 3.00. The number of rotatable bonds is 0. The molecule has 1 rings (SSSR count). The van der Waals surface area contributed by atoms with Crippen molar-refractivity contribution in [2.75, 3.05) is 0 Å². The number of nitrogens with zero attached hydrogens (tertiary/aromatic N) is 3. The van der Waals surface area contributed by atoms with Gasteiger partial charge < -0.3 is 0 Å². The molecule has 1 heterocycles. The Morgan fingerprint density at radius 2 is 1.57 bits per heavy atom. The number of hydrogen-bond acceptors (Lipinski definition) is 3. The van der Waals surface area contributed by atoms with Crippen LogP contribution in [0.4, 0.5) is 0 Å². The summed E-state index contributed by atoms with van der Waals surface area (Å²) in [6, 6.07) is 1.72. The molecule has 0 aliphatic rings. The van der Waals surface area contributed by atoms with Crippen LogP contribution in [0.3, 0.4) is 0 Å². The molecule has 31 valence electrons. The van der Waals surface area contributed by atoms with Gasteiger partial charge in [0.15, 0.2) is 0 Å². The Hall–Kier alpha value is -0.393. The van der Waals surface area contributed by atoms with Crippen LogP contribution < -0.4 is 0 Å². The fourth-order valence-electron chi connectivity index (χ4n) is 0.205. The van der Waals surface area contributed by atoms with Crippen LogP contribution in [0.25, 0.3) is 0 Å². The smallest absolute Gasteiger partial charge is 0.0529 e. The first-order valence-corrected chi connectivity index (χ1v) is 1.58. The minimum Gasteiger partial charge on any atom is -0.139 e. The van der Waals surface area contributed by atoms with Crippen molar-refractivity contribution in [1.29, 1.82) is 0 Å². The van der Waals surface area contributed by atoms with Crippen LogP contribution >= 0.6 is 0 Å². The molecule has 0 aliphatic carbocycles. The van der Waals surface area contributed by atoms with Crippen molar-refractivity contribution in [1.82, 2.24) is 15.4 Å². The molecule has 7 heavy (non-hydrogen) atoms. The average molecular weight is 88.0 g/mol. The van der Waals surface area contributed by atoms with E-state index < -0.39 is 0 Å². The Balaban J connectivity index is 0.000000360. The van der Waals surface area contributed by atoms with Crippen molar-refractivity contribution >= 4 is 18.9 Å². The summed E-state index contributed by atoms with van der Waals surface area (Å²) in [6.45, 7) is 0. The maximum Gasteiger partial charge on any atom is 0.0529 e.